The van der Waals surface area contributed by atoms with Gasteiger partial charge in [0.15, 0.2) is 0 Å². The van der Waals surface area contributed by atoms with Gasteiger partial charge in [-0.05, 0) is 19.4 Å². The van der Waals surface area contributed by atoms with Crippen molar-refractivity contribution in [3.63, 3.8) is 0 Å². The summed E-state index contributed by atoms with van der Waals surface area (Å²) in [6, 6.07) is 19.3. The number of nitrogens with one attached hydrogen (secondary N) is 1. The maximum Gasteiger partial charge on any atom is 0.137 e. The summed E-state index contributed by atoms with van der Waals surface area (Å²) in [5.41, 5.74) is 6.18. The van der Waals surface area contributed by atoms with Crippen molar-refractivity contribution in [3.05, 3.63) is 77.1 Å². The molecule has 27 heavy (non-hydrogen) atoms. The van der Waals surface area contributed by atoms with Gasteiger partial charge in [-0.25, -0.2) is 4.98 Å². The number of aromatic nitrogens is 2. The Hall–Kier alpha value is -2.43. The molecule has 0 unspecified atom stereocenters. The second-order valence-corrected chi connectivity index (χ2v) is 7.56. The van der Waals surface area contributed by atoms with Crippen molar-refractivity contribution in [1.29, 1.82) is 0 Å². The molecule has 1 N–H and O–H groups in total. The number of aryl methyl sites for hydroxylation is 2. The molecule has 0 radical (unpaired) electrons. The molecule has 1 fully saturated rings. The van der Waals surface area contributed by atoms with E-state index in [2.05, 4.69) is 83.2 Å². The number of H-pyrrole nitrogens is 1. The Balaban J connectivity index is 1.34. The molecule has 4 rings (SSSR count). The van der Waals surface area contributed by atoms with Crippen molar-refractivity contribution in [2.75, 3.05) is 26.2 Å². The minimum absolute atomic E-state index is 0.924. The van der Waals surface area contributed by atoms with E-state index in [9.17, 15) is 0 Å². The third-order valence-corrected chi connectivity index (χ3v) is 5.40. The molecule has 1 aromatic heterocycles. The van der Waals surface area contributed by atoms with E-state index < -0.39 is 0 Å². The maximum atomic E-state index is 4.88. The van der Waals surface area contributed by atoms with Crippen LogP contribution in [0.3, 0.4) is 0 Å². The first-order valence-electron chi connectivity index (χ1n) is 9.78. The van der Waals surface area contributed by atoms with E-state index in [4.69, 9.17) is 4.98 Å². The Bertz CT molecular complexity index is 859. The van der Waals surface area contributed by atoms with Crippen LogP contribution in [0, 0.1) is 13.8 Å². The number of imidazole rings is 1. The minimum Gasteiger partial charge on any atom is -0.342 e. The number of aromatic amines is 1. The summed E-state index contributed by atoms with van der Waals surface area (Å²) >= 11 is 0. The molecule has 0 bridgehead atoms. The van der Waals surface area contributed by atoms with Gasteiger partial charge in [0.2, 0.25) is 0 Å². The summed E-state index contributed by atoms with van der Waals surface area (Å²) in [5.74, 6) is 0.977. The Morgan fingerprint density at radius 1 is 0.815 bits per heavy atom. The topological polar surface area (TPSA) is 35.2 Å². The van der Waals surface area contributed by atoms with E-state index in [1.165, 1.54) is 22.5 Å². The fourth-order valence-corrected chi connectivity index (χ4v) is 3.66. The number of rotatable bonds is 5. The monoisotopic (exact) mass is 360 g/mol. The summed E-state index contributed by atoms with van der Waals surface area (Å²) in [4.78, 5) is 13.4. The SMILES string of the molecule is Cc1ccc(-c2nc(CN3CCN(Cc4ccccc4)CC3)c(C)[nH]2)cc1. The molecule has 3 aromatic rings. The molecule has 1 saturated heterocycles. The van der Waals surface area contributed by atoms with Crippen molar-refractivity contribution in [1.82, 2.24) is 19.8 Å². The zero-order valence-corrected chi connectivity index (χ0v) is 16.3. The summed E-state index contributed by atoms with van der Waals surface area (Å²) < 4.78 is 0. The lowest BCUT2D eigenvalue weighted by Crippen LogP contribution is -2.45. The van der Waals surface area contributed by atoms with Gasteiger partial charge in [-0.15, -0.1) is 0 Å². The van der Waals surface area contributed by atoms with Crippen LogP contribution in [0.4, 0.5) is 0 Å². The predicted octanol–water partition coefficient (Wildman–Crippen LogP) is 4.01. The standard InChI is InChI=1S/C23H28N4/c1-18-8-10-21(11-9-18)23-24-19(2)22(25-23)17-27-14-12-26(13-15-27)16-20-6-4-3-5-7-20/h3-11H,12-17H2,1-2H3,(H,24,25). The van der Waals surface area contributed by atoms with E-state index in [0.29, 0.717) is 0 Å². The molecular weight excluding hydrogens is 332 g/mol. The number of nitrogens with zero attached hydrogens (tertiary/aromatic N) is 3. The van der Waals surface area contributed by atoms with Crippen LogP contribution in [0.1, 0.15) is 22.5 Å². The summed E-state index contributed by atoms with van der Waals surface area (Å²) in [6.45, 7) is 10.6. The first-order chi connectivity index (χ1) is 13.2. The van der Waals surface area contributed by atoms with Gasteiger partial charge in [-0.3, -0.25) is 9.80 Å². The van der Waals surface area contributed by atoms with E-state index in [1.54, 1.807) is 0 Å². The van der Waals surface area contributed by atoms with Crippen molar-refractivity contribution in [2.45, 2.75) is 26.9 Å². The molecule has 0 spiro atoms. The van der Waals surface area contributed by atoms with Gasteiger partial charge in [0.1, 0.15) is 5.82 Å². The van der Waals surface area contributed by atoms with Gasteiger partial charge < -0.3 is 4.98 Å². The number of piperazine rings is 1. The van der Waals surface area contributed by atoms with Crippen LogP contribution in [0.2, 0.25) is 0 Å². The highest BCUT2D eigenvalue weighted by Gasteiger charge is 2.19. The first-order valence-corrected chi connectivity index (χ1v) is 9.78. The lowest BCUT2D eigenvalue weighted by atomic mass is 10.1. The second-order valence-electron chi connectivity index (χ2n) is 7.56. The summed E-state index contributed by atoms with van der Waals surface area (Å²) in [5, 5.41) is 0. The van der Waals surface area contributed by atoms with Gasteiger partial charge in [0.05, 0.1) is 5.69 Å². The lowest BCUT2D eigenvalue weighted by Gasteiger charge is -2.34. The van der Waals surface area contributed by atoms with Crippen molar-refractivity contribution < 1.29 is 0 Å². The third kappa shape index (κ3) is 4.46. The Kier molecular flexibility index (Phi) is 5.37. The van der Waals surface area contributed by atoms with E-state index in [0.717, 1.165) is 50.7 Å². The highest BCUT2D eigenvalue weighted by molar-refractivity contribution is 5.56. The van der Waals surface area contributed by atoms with Gasteiger partial charge in [0, 0.05) is 50.5 Å². The maximum absolute atomic E-state index is 4.88. The smallest absolute Gasteiger partial charge is 0.137 e. The van der Waals surface area contributed by atoms with Crippen LogP contribution >= 0.6 is 0 Å². The number of hydrogen-bond acceptors (Lipinski definition) is 3. The Labute approximate surface area is 161 Å². The molecule has 2 aromatic carbocycles. The number of benzene rings is 2. The Morgan fingerprint density at radius 3 is 2.11 bits per heavy atom. The van der Waals surface area contributed by atoms with Crippen LogP contribution in [-0.2, 0) is 13.1 Å². The summed E-state index contributed by atoms with van der Waals surface area (Å²) in [7, 11) is 0. The first kappa shape index (κ1) is 18.0. The van der Waals surface area contributed by atoms with Crippen molar-refractivity contribution >= 4 is 0 Å². The molecule has 0 aliphatic carbocycles. The molecule has 2 heterocycles. The minimum atomic E-state index is 0.924. The molecule has 0 saturated carbocycles. The van der Waals surface area contributed by atoms with Crippen LogP contribution in [0.5, 0.6) is 0 Å². The largest absolute Gasteiger partial charge is 0.342 e. The highest BCUT2D eigenvalue weighted by Crippen LogP contribution is 2.20. The van der Waals surface area contributed by atoms with Crippen LogP contribution in [0.15, 0.2) is 54.6 Å². The fourth-order valence-electron chi connectivity index (χ4n) is 3.66. The van der Waals surface area contributed by atoms with Gasteiger partial charge in [-0.2, -0.15) is 0 Å². The van der Waals surface area contributed by atoms with Gasteiger partial charge in [-0.1, -0.05) is 60.2 Å². The molecule has 1 aliphatic rings. The second kappa shape index (κ2) is 8.07. The molecule has 4 heteroatoms. The number of hydrogen-bond donors (Lipinski definition) is 1. The lowest BCUT2D eigenvalue weighted by molar-refractivity contribution is 0.121. The van der Waals surface area contributed by atoms with E-state index in [-0.39, 0.29) is 0 Å². The molecule has 140 valence electrons. The van der Waals surface area contributed by atoms with Crippen LogP contribution < -0.4 is 0 Å². The zero-order valence-electron chi connectivity index (χ0n) is 16.3. The highest BCUT2D eigenvalue weighted by atomic mass is 15.3. The fraction of sp³-hybridized carbons (Fsp3) is 0.348. The van der Waals surface area contributed by atoms with Gasteiger partial charge >= 0.3 is 0 Å². The van der Waals surface area contributed by atoms with Gasteiger partial charge in [0.25, 0.3) is 0 Å². The van der Waals surface area contributed by atoms with Crippen LogP contribution in [-0.4, -0.2) is 45.9 Å². The Morgan fingerprint density at radius 2 is 1.44 bits per heavy atom. The summed E-state index contributed by atoms with van der Waals surface area (Å²) in [6.07, 6.45) is 0. The molecule has 0 amide bonds. The molecule has 4 nitrogen and oxygen atoms in total. The predicted molar refractivity (Wildman–Crippen MR) is 110 cm³/mol. The molecular formula is C23H28N4. The molecule has 1 aliphatic heterocycles. The van der Waals surface area contributed by atoms with Crippen molar-refractivity contribution in [2.24, 2.45) is 0 Å². The van der Waals surface area contributed by atoms with Crippen molar-refractivity contribution in [3.8, 4) is 11.4 Å². The average molecular weight is 361 g/mol. The zero-order chi connectivity index (χ0) is 18.6. The molecule has 0 atom stereocenters. The van der Waals surface area contributed by atoms with Crippen LogP contribution in [0.25, 0.3) is 11.4 Å². The van der Waals surface area contributed by atoms with E-state index in [1.807, 2.05) is 0 Å². The third-order valence-electron chi connectivity index (χ3n) is 5.40. The van der Waals surface area contributed by atoms with E-state index >= 15 is 0 Å². The average Bonchev–Trinajstić information content (AvgIpc) is 3.05. The quantitative estimate of drug-likeness (QED) is 0.747. The normalized spacial score (nSPS) is 15.9.